The van der Waals surface area contributed by atoms with E-state index >= 15 is 0 Å². The number of aromatic nitrogens is 1. The summed E-state index contributed by atoms with van der Waals surface area (Å²) in [5.74, 6) is -0.747. The summed E-state index contributed by atoms with van der Waals surface area (Å²) in [6, 6.07) is 16.3. The van der Waals surface area contributed by atoms with E-state index in [1.807, 2.05) is 50.4 Å². The third-order valence-corrected chi connectivity index (χ3v) is 4.75. The molecular weight excluding hydrogens is 355 g/mol. The smallest absolute Gasteiger partial charge is 0.257 e. The number of aryl methyl sites for hydroxylation is 1. The maximum absolute atomic E-state index is 14.1. The van der Waals surface area contributed by atoms with E-state index in [4.69, 9.17) is 0 Å². The number of hydrogen-bond acceptors (Lipinski definition) is 4. The van der Waals surface area contributed by atoms with Crippen LogP contribution < -0.4 is 15.5 Å². The normalized spacial score (nSPS) is 14.0. The van der Waals surface area contributed by atoms with E-state index in [2.05, 4.69) is 20.5 Å². The second kappa shape index (κ2) is 7.15. The summed E-state index contributed by atoms with van der Waals surface area (Å²) in [5.41, 5.74) is 4.84. The molecule has 0 bridgehead atoms. The van der Waals surface area contributed by atoms with Gasteiger partial charge < -0.3 is 15.5 Å². The number of rotatable bonds is 4. The standard InChI is InChI=1S/C22H19FN4O/c1-14-20(7-4-12-24-14)27(2)16-10-8-15(9-11-16)25-13-17-21-18(23)5-3-6-19(21)26-22(17)28/h3-13,25H,1-2H3,(H,26,28). The molecule has 2 N–H and O–H groups in total. The first-order valence-electron chi connectivity index (χ1n) is 8.87. The van der Waals surface area contributed by atoms with Crippen LogP contribution in [0.2, 0.25) is 0 Å². The number of pyridine rings is 1. The fraction of sp³-hybridized carbons (Fsp3) is 0.0909. The van der Waals surface area contributed by atoms with Gasteiger partial charge in [0.15, 0.2) is 0 Å². The zero-order valence-corrected chi connectivity index (χ0v) is 15.5. The van der Waals surface area contributed by atoms with Gasteiger partial charge in [-0.2, -0.15) is 0 Å². The van der Waals surface area contributed by atoms with Crippen molar-refractivity contribution in [3.05, 3.63) is 84.1 Å². The van der Waals surface area contributed by atoms with Crippen LogP contribution in [0.3, 0.4) is 0 Å². The van der Waals surface area contributed by atoms with Gasteiger partial charge in [-0.1, -0.05) is 6.07 Å². The second-order valence-electron chi connectivity index (χ2n) is 6.53. The van der Waals surface area contributed by atoms with Crippen LogP contribution in [0.25, 0.3) is 5.57 Å². The Labute approximate surface area is 162 Å². The number of halogens is 1. The van der Waals surface area contributed by atoms with E-state index in [-0.39, 0.29) is 11.5 Å². The molecular formula is C22H19FN4O. The molecule has 1 amide bonds. The lowest BCUT2D eigenvalue weighted by Crippen LogP contribution is -2.11. The fourth-order valence-corrected chi connectivity index (χ4v) is 3.25. The molecule has 1 aliphatic rings. The van der Waals surface area contributed by atoms with Gasteiger partial charge in [0.2, 0.25) is 0 Å². The van der Waals surface area contributed by atoms with Crippen LogP contribution in [-0.4, -0.2) is 17.9 Å². The van der Waals surface area contributed by atoms with Crippen LogP contribution >= 0.6 is 0 Å². The number of fused-ring (bicyclic) bond motifs is 1. The zero-order chi connectivity index (χ0) is 19.7. The molecule has 0 radical (unpaired) electrons. The molecule has 140 valence electrons. The van der Waals surface area contributed by atoms with Crippen LogP contribution in [0.4, 0.5) is 27.1 Å². The van der Waals surface area contributed by atoms with Gasteiger partial charge in [0.05, 0.1) is 22.6 Å². The minimum atomic E-state index is -0.423. The number of carbonyl (C=O) groups is 1. The van der Waals surface area contributed by atoms with E-state index in [0.717, 1.165) is 22.8 Å². The Morgan fingerprint density at radius 2 is 1.89 bits per heavy atom. The number of benzene rings is 2. The van der Waals surface area contributed by atoms with E-state index in [1.54, 1.807) is 18.3 Å². The maximum Gasteiger partial charge on any atom is 0.257 e. The first-order chi connectivity index (χ1) is 13.5. The first kappa shape index (κ1) is 17.7. The Kier molecular flexibility index (Phi) is 4.53. The Balaban J connectivity index is 1.54. The van der Waals surface area contributed by atoms with E-state index in [0.29, 0.717) is 11.3 Å². The zero-order valence-electron chi connectivity index (χ0n) is 15.5. The summed E-state index contributed by atoms with van der Waals surface area (Å²) < 4.78 is 14.1. The molecule has 0 atom stereocenters. The van der Waals surface area contributed by atoms with Crippen LogP contribution in [0, 0.1) is 12.7 Å². The van der Waals surface area contributed by atoms with Crippen LogP contribution in [-0.2, 0) is 4.79 Å². The predicted molar refractivity (Wildman–Crippen MR) is 110 cm³/mol. The lowest BCUT2D eigenvalue weighted by molar-refractivity contribution is -0.110. The van der Waals surface area contributed by atoms with Crippen LogP contribution in [0.5, 0.6) is 0 Å². The lowest BCUT2D eigenvalue weighted by atomic mass is 10.1. The summed E-state index contributed by atoms with van der Waals surface area (Å²) in [6.45, 7) is 1.97. The van der Waals surface area contributed by atoms with Gasteiger partial charge in [-0.15, -0.1) is 0 Å². The van der Waals surface area contributed by atoms with Crippen molar-refractivity contribution >= 4 is 34.2 Å². The Hall–Kier alpha value is -3.67. The molecule has 6 heteroatoms. The van der Waals surface area contributed by atoms with E-state index in [1.165, 1.54) is 12.3 Å². The molecule has 5 nitrogen and oxygen atoms in total. The van der Waals surface area contributed by atoms with Gasteiger partial charge in [-0.3, -0.25) is 9.78 Å². The minimum Gasteiger partial charge on any atom is -0.361 e. The van der Waals surface area contributed by atoms with E-state index < -0.39 is 5.82 Å². The Morgan fingerprint density at radius 1 is 1.11 bits per heavy atom. The van der Waals surface area contributed by atoms with Gasteiger partial charge >= 0.3 is 0 Å². The first-order valence-corrected chi connectivity index (χ1v) is 8.87. The molecule has 0 fully saturated rings. The van der Waals surface area contributed by atoms with Gasteiger partial charge in [0.1, 0.15) is 5.82 Å². The van der Waals surface area contributed by atoms with Crippen molar-refractivity contribution in [1.29, 1.82) is 0 Å². The molecule has 3 aromatic rings. The third-order valence-electron chi connectivity index (χ3n) is 4.75. The summed E-state index contributed by atoms with van der Waals surface area (Å²) in [7, 11) is 1.98. The Morgan fingerprint density at radius 3 is 2.64 bits per heavy atom. The molecule has 2 heterocycles. The van der Waals surface area contributed by atoms with Crippen molar-refractivity contribution in [3.63, 3.8) is 0 Å². The predicted octanol–water partition coefficient (Wildman–Crippen LogP) is 4.70. The summed E-state index contributed by atoms with van der Waals surface area (Å²) in [4.78, 5) is 18.5. The monoisotopic (exact) mass is 374 g/mol. The number of hydrogen-bond donors (Lipinski definition) is 2. The molecule has 4 rings (SSSR count). The summed E-state index contributed by atoms with van der Waals surface area (Å²) in [6.07, 6.45) is 3.31. The van der Waals surface area contributed by atoms with Gasteiger partial charge in [-0.25, -0.2) is 4.39 Å². The number of nitrogens with one attached hydrogen (secondary N) is 2. The van der Waals surface area contributed by atoms with Crippen molar-refractivity contribution in [1.82, 2.24) is 4.98 Å². The lowest BCUT2D eigenvalue weighted by Gasteiger charge is -2.21. The Bertz CT molecular complexity index is 1080. The molecule has 0 spiro atoms. The van der Waals surface area contributed by atoms with E-state index in [9.17, 15) is 9.18 Å². The van der Waals surface area contributed by atoms with Crippen molar-refractivity contribution in [2.75, 3.05) is 22.6 Å². The highest BCUT2D eigenvalue weighted by atomic mass is 19.1. The number of carbonyl (C=O) groups excluding carboxylic acids is 1. The fourth-order valence-electron chi connectivity index (χ4n) is 3.25. The molecule has 0 aliphatic carbocycles. The molecule has 28 heavy (non-hydrogen) atoms. The van der Waals surface area contributed by atoms with Crippen LogP contribution in [0.1, 0.15) is 11.3 Å². The highest BCUT2D eigenvalue weighted by molar-refractivity contribution is 6.31. The summed E-state index contributed by atoms with van der Waals surface area (Å²) >= 11 is 0. The van der Waals surface area contributed by atoms with Crippen molar-refractivity contribution in [2.45, 2.75) is 6.92 Å². The number of nitrogens with zero attached hydrogens (tertiary/aromatic N) is 2. The van der Waals surface area contributed by atoms with Crippen molar-refractivity contribution in [2.24, 2.45) is 0 Å². The highest BCUT2D eigenvalue weighted by Crippen LogP contribution is 2.34. The van der Waals surface area contributed by atoms with Crippen molar-refractivity contribution < 1.29 is 9.18 Å². The van der Waals surface area contributed by atoms with Gasteiger partial charge in [0.25, 0.3) is 5.91 Å². The topological polar surface area (TPSA) is 57.3 Å². The SMILES string of the molecule is Cc1ncccc1N(C)c1ccc(NC=C2C(=O)Nc3cccc(F)c32)cc1. The third kappa shape index (κ3) is 3.20. The average Bonchev–Trinajstić information content (AvgIpc) is 3.03. The molecule has 2 aromatic carbocycles. The largest absolute Gasteiger partial charge is 0.361 e. The maximum atomic E-state index is 14.1. The highest BCUT2D eigenvalue weighted by Gasteiger charge is 2.27. The second-order valence-corrected chi connectivity index (χ2v) is 6.53. The molecule has 0 saturated heterocycles. The van der Waals surface area contributed by atoms with Crippen LogP contribution in [0.15, 0.2) is 67.0 Å². The van der Waals surface area contributed by atoms with Gasteiger partial charge in [-0.05, 0) is 55.5 Å². The number of amides is 1. The van der Waals surface area contributed by atoms with Gasteiger partial charge in [0, 0.05) is 36.4 Å². The van der Waals surface area contributed by atoms with Crippen molar-refractivity contribution in [3.8, 4) is 0 Å². The molecule has 0 saturated carbocycles. The molecule has 1 aromatic heterocycles. The molecule has 0 unspecified atom stereocenters. The average molecular weight is 374 g/mol. The quantitative estimate of drug-likeness (QED) is 0.650. The summed E-state index contributed by atoms with van der Waals surface area (Å²) in [5, 5.41) is 5.75. The molecule has 1 aliphatic heterocycles. The minimum absolute atomic E-state index is 0.278. The number of anilines is 4.